The van der Waals surface area contributed by atoms with Crippen molar-refractivity contribution < 1.29 is 38.7 Å². The Hall–Kier alpha value is -2.33. The SMILES string of the molecule is CC1(C)OC[C@H]([C@@H]2O[C@@H](OCc3ccccc3C(=O)OCc3ccccc3)[C@H](O)[C@H]2O)O1. The number of aliphatic hydroxyl groups excluding tert-OH is 2. The van der Waals surface area contributed by atoms with Gasteiger partial charge in [-0.05, 0) is 31.0 Å². The summed E-state index contributed by atoms with van der Waals surface area (Å²) in [4.78, 5) is 12.6. The van der Waals surface area contributed by atoms with Gasteiger partial charge in [0.2, 0.25) is 0 Å². The van der Waals surface area contributed by atoms with Crippen molar-refractivity contribution in [1.82, 2.24) is 0 Å². The van der Waals surface area contributed by atoms with Gasteiger partial charge in [-0.25, -0.2) is 4.79 Å². The first-order chi connectivity index (χ1) is 15.3. The minimum Gasteiger partial charge on any atom is -0.457 e. The number of aliphatic hydroxyl groups is 2. The molecule has 0 amide bonds. The summed E-state index contributed by atoms with van der Waals surface area (Å²) in [6, 6.07) is 16.3. The molecule has 2 N–H and O–H groups in total. The maximum absolute atomic E-state index is 12.6. The highest BCUT2D eigenvalue weighted by Gasteiger charge is 2.50. The van der Waals surface area contributed by atoms with Crippen LogP contribution in [0.5, 0.6) is 0 Å². The third-order valence-electron chi connectivity index (χ3n) is 5.51. The Bertz CT molecular complexity index is 915. The molecular weight excluding hydrogens is 416 g/mol. The van der Waals surface area contributed by atoms with Gasteiger partial charge in [0.1, 0.15) is 31.0 Å². The van der Waals surface area contributed by atoms with E-state index in [2.05, 4.69) is 0 Å². The van der Waals surface area contributed by atoms with Crippen molar-refractivity contribution in [3.05, 3.63) is 71.3 Å². The fourth-order valence-corrected chi connectivity index (χ4v) is 3.81. The fraction of sp³-hybridized carbons (Fsp3) is 0.458. The lowest BCUT2D eigenvalue weighted by Crippen LogP contribution is -2.40. The van der Waals surface area contributed by atoms with Crippen molar-refractivity contribution >= 4 is 5.97 Å². The maximum atomic E-state index is 12.6. The Balaban J connectivity index is 1.36. The van der Waals surface area contributed by atoms with Crippen LogP contribution < -0.4 is 0 Å². The van der Waals surface area contributed by atoms with E-state index in [9.17, 15) is 15.0 Å². The van der Waals surface area contributed by atoms with Crippen LogP contribution in [0.15, 0.2) is 54.6 Å². The zero-order valence-electron chi connectivity index (χ0n) is 18.0. The molecule has 0 saturated carbocycles. The molecule has 172 valence electrons. The Morgan fingerprint density at radius 1 is 1.03 bits per heavy atom. The number of rotatable bonds is 7. The van der Waals surface area contributed by atoms with Crippen LogP contribution >= 0.6 is 0 Å². The lowest BCUT2D eigenvalue weighted by molar-refractivity contribution is -0.197. The van der Waals surface area contributed by atoms with Gasteiger partial charge in [-0.3, -0.25) is 0 Å². The molecule has 0 aliphatic carbocycles. The smallest absolute Gasteiger partial charge is 0.338 e. The fourth-order valence-electron chi connectivity index (χ4n) is 3.81. The van der Waals surface area contributed by atoms with Crippen molar-refractivity contribution in [2.75, 3.05) is 6.61 Å². The van der Waals surface area contributed by atoms with Crippen molar-refractivity contribution in [2.45, 2.75) is 63.6 Å². The highest BCUT2D eigenvalue weighted by molar-refractivity contribution is 5.91. The maximum Gasteiger partial charge on any atom is 0.338 e. The van der Waals surface area contributed by atoms with Gasteiger partial charge in [-0.15, -0.1) is 0 Å². The van der Waals surface area contributed by atoms with Gasteiger partial charge in [-0.2, -0.15) is 0 Å². The molecule has 8 heteroatoms. The second-order valence-electron chi connectivity index (χ2n) is 8.35. The van der Waals surface area contributed by atoms with Crippen molar-refractivity contribution in [2.24, 2.45) is 0 Å². The molecule has 2 heterocycles. The van der Waals surface area contributed by atoms with Crippen LogP contribution in [0, 0.1) is 0 Å². The standard InChI is InChI=1S/C24H28O8/c1-24(2)30-14-18(32-24)21-19(25)20(26)23(31-21)29-13-16-10-6-7-11-17(16)22(27)28-12-15-8-4-3-5-9-15/h3-11,18-21,23,25-26H,12-14H2,1-2H3/t18-,19-,20-,21+,23-/m1/s1. The third kappa shape index (κ3) is 5.17. The minimum atomic E-state index is -1.26. The van der Waals surface area contributed by atoms with E-state index < -0.39 is 42.5 Å². The van der Waals surface area contributed by atoms with Gasteiger partial charge in [-0.1, -0.05) is 48.5 Å². The first-order valence-corrected chi connectivity index (χ1v) is 10.6. The van der Waals surface area contributed by atoms with E-state index in [0.29, 0.717) is 11.1 Å². The van der Waals surface area contributed by atoms with E-state index >= 15 is 0 Å². The molecule has 0 aromatic heterocycles. The molecule has 2 saturated heterocycles. The average molecular weight is 444 g/mol. The van der Waals surface area contributed by atoms with Gasteiger partial charge in [0, 0.05) is 0 Å². The number of ether oxygens (including phenoxy) is 5. The van der Waals surface area contributed by atoms with E-state index in [1.54, 1.807) is 38.1 Å². The zero-order valence-corrected chi connectivity index (χ0v) is 18.0. The first-order valence-electron chi connectivity index (χ1n) is 10.6. The number of hydrogen-bond donors (Lipinski definition) is 2. The van der Waals surface area contributed by atoms with Gasteiger partial charge < -0.3 is 33.9 Å². The molecule has 5 atom stereocenters. The monoisotopic (exact) mass is 444 g/mol. The van der Waals surface area contributed by atoms with Crippen LogP contribution in [0.25, 0.3) is 0 Å². The molecule has 8 nitrogen and oxygen atoms in total. The number of carbonyl (C=O) groups excluding carboxylic acids is 1. The van der Waals surface area contributed by atoms with E-state index in [1.165, 1.54) is 0 Å². The molecule has 2 aliphatic rings. The lowest BCUT2D eigenvalue weighted by atomic mass is 10.1. The minimum absolute atomic E-state index is 0.00864. The molecule has 0 unspecified atom stereocenters. The van der Waals surface area contributed by atoms with Crippen LogP contribution in [-0.2, 0) is 36.9 Å². The highest BCUT2D eigenvalue weighted by atomic mass is 16.8. The molecule has 32 heavy (non-hydrogen) atoms. The van der Waals surface area contributed by atoms with Crippen LogP contribution in [0.3, 0.4) is 0 Å². The van der Waals surface area contributed by atoms with Crippen LogP contribution in [0.4, 0.5) is 0 Å². The van der Waals surface area contributed by atoms with Crippen molar-refractivity contribution in [3.8, 4) is 0 Å². The molecule has 0 spiro atoms. The normalized spacial score (nSPS) is 29.2. The van der Waals surface area contributed by atoms with Crippen LogP contribution in [0.2, 0.25) is 0 Å². The predicted octanol–water partition coefficient (Wildman–Crippen LogP) is 2.16. The number of hydrogen-bond acceptors (Lipinski definition) is 8. The molecule has 2 fully saturated rings. The summed E-state index contributed by atoms with van der Waals surface area (Å²) in [5, 5.41) is 20.8. The summed E-state index contributed by atoms with van der Waals surface area (Å²) in [6.07, 6.45) is -4.83. The van der Waals surface area contributed by atoms with Gasteiger partial charge in [0.25, 0.3) is 0 Å². The molecule has 0 bridgehead atoms. The number of esters is 1. The number of carbonyl (C=O) groups is 1. The Kier molecular flexibility index (Phi) is 6.90. The van der Waals surface area contributed by atoms with E-state index in [1.807, 2.05) is 30.3 Å². The zero-order chi connectivity index (χ0) is 22.7. The Labute approximate surface area is 186 Å². The van der Waals surface area contributed by atoms with Crippen molar-refractivity contribution in [3.63, 3.8) is 0 Å². The number of benzene rings is 2. The van der Waals surface area contributed by atoms with E-state index in [-0.39, 0.29) is 19.8 Å². The van der Waals surface area contributed by atoms with Crippen molar-refractivity contribution in [1.29, 1.82) is 0 Å². The summed E-state index contributed by atoms with van der Waals surface area (Å²) in [7, 11) is 0. The molecule has 4 rings (SSSR count). The van der Waals surface area contributed by atoms with Gasteiger partial charge in [0.15, 0.2) is 12.1 Å². The first kappa shape index (κ1) is 22.8. The second kappa shape index (κ2) is 9.66. The Morgan fingerprint density at radius 3 is 2.47 bits per heavy atom. The summed E-state index contributed by atoms with van der Waals surface area (Å²) < 4.78 is 28.2. The Morgan fingerprint density at radius 2 is 1.75 bits per heavy atom. The van der Waals surface area contributed by atoms with Crippen LogP contribution in [0.1, 0.15) is 35.3 Å². The van der Waals surface area contributed by atoms with E-state index in [4.69, 9.17) is 23.7 Å². The second-order valence-corrected chi connectivity index (χ2v) is 8.35. The molecular formula is C24H28O8. The lowest BCUT2D eigenvalue weighted by Gasteiger charge is -2.22. The highest BCUT2D eigenvalue weighted by Crippen LogP contribution is 2.33. The van der Waals surface area contributed by atoms with Gasteiger partial charge in [0.05, 0.1) is 18.8 Å². The average Bonchev–Trinajstić information content (AvgIpc) is 3.30. The summed E-state index contributed by atoms with van der Waals surface area (Å²) >= 11 is 0. The molecule has 2 aromatic carbocycles. The topological polar surface area (TPSA) is 104 Å². The summed E-state index contributed by atoms with van der Waals surface area (Å²) in [6.45, 7) is 3.93. The molecule has 2 aliphatic heterocycles. The van der Waals surface area contributed by atoms with Crippen LogP contribution in [-0.4, -0.2) is 59.3 Å². The van der Waals surface area contributed by atoms with Gasteiger partial charge >= 0.3 is 5.97 Å². The third-order valence-corrected chi connectivity index (χ3v) is 5.51. The molecule has 2 aromatic rings. The quantitative estimate of drug-likeness (QED) is 0.627. The molecule has 0 radical (unpaired) electrons. The summed E-state index contributed by atoms with van der Waals surface area (Å²) in [5.74, 6) is -1.26. The summed E-state index contributed by atoms with van der Waals surface area (Å²) in [5.41, 5.74) is 1.83. The predicted molar refractivity (Wildman–Crippen MR) is 112 cm³/mol. The van der Waals surface area contributed by atoms with E-state index in [0.717, 1.165) is 5.56 Å². The largest absolute Gasteiger partial charge is 0.457 e.